The van der Waals surface area contributed by atoms with Gasteiger partial charge in [0.2, 0.25) is 0 Å². The van der Waals surface area contributed by atoms with E-state index in [1.807, 2.05) is 0 Å². The second kappa shape index (κ2) is 13.4. The van der Waals surface area contributed by atoms with Crippen LogP contribution in [-0.2, 0) is 19.2 Å². The topological polar surface area (TPSA) is 0 Å². The molecule has 0 nitrogen and oxygen atoms in total. The van der Waals surface area contributed by atoms with Crippen molar-refractivity contribution in [1.29, 1.82) is 0 Å². The molecule has 7 rings (SSSR count). The molecule has 0 fully saturated rings. The van der Waals surface area contributed by atoms with Crippen LogP contribution in [0.25, 0.3) is 32.7 Å². The van der Waals surface area contributed by atoms with Crippen LogP contribution in [0.3, 0.4) is 0 Å². The number of hydrogen-bond donors (Lipinski definition) is 0. The number of fused-ring (bicyclic) bond motifs is 2. The van der Waals surface area contributed by atoms with Crippen LogP contribution in [0, 0.1) is 6.92 Å². The minimum atomic E-state index is -0.545. The third kappa shape index (κ3) is 7.02. The Kier molecular flexibility index (Phi) is 9.19. The Hall–Kier alpha value is -3.75. The fraction of sp³-hybridized carbons (Fsp3) is 0.0270. The third-order valence-electron chi connectivity index (χ3n) is 6.65. The molecule has 0 saturated heterocycles. The Bertz CT molecular complexity index is 1690. The summed E-state index contributed by atoms with van der Waals surface area (Å²) in [6.07, 6.45) is -0.545. The Morgan fingerprint density at radius 1 is 0.564 bits per heavy atom. The van der Waals surface area contributed by atoms with Crippen LogP contribution < -0.4 is 10.4 Å². The van der Waals surface area contributed by atoms with Crippen molar-refractivity contribution in [1.82, 2.24) is 0 Å². The summed E-state index contributed by atoms with van der Waals surface area (Å²) in [6, 6.07) is 57.8. The van der Waals surface area contributed by atoms with Gasteiger partial charge in [-0.15, -0.1) is 69.6 Å². The summed E-state index contributed by atoms with van der Waals surface area (Å²) in [4.78, 5) is 0. The molecule has 0 aliphatic rings. The standard InChI is InChI=1S/C15H11.C12H10Si.C10H9.Ti/c1-2-6-12(7-3-1)14-10-4-8-13-9-5-11-15(13)14;1-3-7-11(8-4-1)13-12-9-5-2-6-10-12;1-8-6-9-4-2-3-5-10(9)7-8;/h1-11H;1-10H;2-7H,1H3;/q-1;;-1;+2. The summed E-state index contributed by atoms with van der Waals surface area (Å²) < 4.78 is 0. The van der Waals surface area contributed by atoms with E-state index in [2.05, 4.69) is 190 Å². The number of aryl methyl sites for hydroxylation is 1. The molecule has 0 aliphatic heterocycles. The van der Waals surface area contributed by atoms with Crippen molar-refractivity contribution < 1.29 is 19.2 Å². The Morgan fingerprint density at radius 2 is 1.13 bits per heavy atom. The first-order valence-electron chi connectivity index (χ1n) is 13.2. The van der Waals surface area contributed by atoms with Crippen LogP contribution in [0.15, 0.2) is 164 Å². The molecule has 0 unspecified atom stereocenters. The minimum Gasteiger partial charge on any atom is -0.168 e. The van der Waals surface area contributed by atoms with Crippen LogP contribution in [0.5, 0.6) is 0 Å². The smallest absolute Gasteiger partial charge is 0.0279 e. The van der Waals surface area contributed by atoms with Crippen LogP contribution in [0.1, 0.15) is 5.56 Å². The second-order valence-electron chi connectivity index (χ2n) is 9.47. The Labute approximate surface area is 243 Å². The van der Waals surface area contributed by atoms with Gasteiger partial charge in [0, 0.05) is 0 Å². The van der Waals surface area contributed by atoms with Gasteiger partial charge in [-0.2, -0.15) is 18.2 Å². The average Bonchev–Trinajstić information content (AvgIpc) is 3.64. The van der Waals surface area contributed by atoms with Crippen molar-refractivity contribution in [2.45, 2.75) is 6.92 Å². The van der Waals surface area contributed by atoms with Gasteiger partial charge in [0.05, 0.1) is 0 Å². The van der Waals surface area contributed by atoms with Gasteiger partial charge in [-0.3, -0.25) is 0 Å². The maximum atomic E-state index is 2.34. The predicted octanol–water partition coefficient (Wildman–Crippen LogP) is 8.43. The molecule has 186 valence electrons. The van der Waals surface area contributed by atoms with Gasteiger partial charge < -0.3 is 0 Å². The zero-order chi connectivity index (χ0) is 26.9. The monoisotopic (exact) mass is 550 g/mol. The largest absolute Gasteiger partial charge is 0.168 e. The van der Waals surface area contributed by atoms with E-state index in [-0.39, 0.29) is 0 Å². The molecule has 0 amide bonds. The van der Waals surface area contributed by atoms with E-state index in [1.54, 1.807) is 0 Å². The summed E-state index contributed by atoms with van der Waals surface area (Å²) in [7, 11) is 0. The summed E-state index contributed by atoms with van der Waals surface area (Å²) >= 11 is 2.34. The van der Waals surface area contributed by atoms with Crippen molar-refractivity contribution in [2.75, 3.05) is 0 Å². The average molecular weight is 551 g/mol. The molecule has 0 spiro atoms. The van der Waals surface area contributed by atoms with Crippen molar-refractivity contribution in [3.63, 3.8) is 0 Å². The molecule has 0 bridgehead atoms. The summed E-state index contributed by atoms with van der Waals surface area (Å²) in [5.74, 6) is 0. The Morgan fingerprint density at radius 3 is 1.77 bits per heavy atom. The van der Waals surface area contributed by atoms with Gasteiger partial charge in [0.25, 0.3) is 0 Å². The van der Waals surface area contributed by atoms with Crippen LogP contribution in [0.4, 0.5) is 0 Å². The predicted molar refractivity (Wildman–Crippen MR) is 167 cm³/mol. The minimum absolute atomic E-state index is 0.545. The molecular weight excluding hydrogens is 520 g/mol. The summed E-state index contributed by atoms with van der Waals surface area (Å²) in [5, 5.41) is 8.30. The molecule has 2 heteroatoms. The molecule has 0 aliphatic carbocycles. The normalized spacial score (nSPS) is 10.3. The van der Waals surface area contributed by atoms with Gasteiger partial charge >= 0.3 is 96.4 Å². The van der Waals surface area contributed by atoms with E-state index in [0.29, 0.717) is 0 Å². The first kappa shape index (κ1) is 26.8. The molecule has 0 aromatic heterocycles. The molecule has 7 aromatic rings. The fourth-order valence-electron chi connectivity index (χ4n) is 4.71. The van der Waals surface area contributed by atoms with Gasteiger partial charge in [0.15, 0.2) is 0 Å². The molecule has 7 aromatic carbocycles. The summed E-state index contributed by atoms with van der Waals surface area (Å²) in [5.41, 5.74) is 3.95. The van der Waals surface area contributed by atoms with Crippen molar-refractivity contribution in [3.8, 4) is 11.1 Å². The van der Waals surface area contributed by atoms with Gasteiger partial charge in [-0.1, -0.05) is 55.0 Å². The third-order valence-corrected chi connectivity index (χ3v) is 11.2. The molecule has 0 radical (unpaired) electrons. The first-order chi connectivity index (χ1) is 19.2. The van der Waals surface area contributed by atoms with E-state index in [0.717, 1.165) is 0 Å². The van der Waals surface area contributed by atoms with Crippen LogP contribution in [0.2, 0.25) is 0 Å². The van der Waals surface area contributed by atoms with Crippen molar-refractivity contribution in [2.24, 2.45) is 0 Å². The van der Waals surface area contributed by atoms with Gasteiger partial charge in [0.1, 0.15) is 0 Å². The SMILES string of the molecule is Cc1cc2ccccc2[cH-]1.[Ti+2]=[Si](c1ccccc1)c1ccccc1.c1ccc(-c2cccc3[cH-]ccc23)cc1. The van der Waals surface area contributed by atoms with E-state index < -0.39 is 6.19 Å². The molecule has 0 heterocycles. The van der Waals surface area contributed by atoms with E-state index in [1.165, 1.54) is 48.6 Å². The zero-order valence-electron chi connectivity index (χ0n) is 22.1. The van der Waals surface area contributed by atoms with Crippen LogP contribution >= 0.6 is 0 Å². The second-order valence-corrected chi connectivity index (χ2v) is 13.7. The molecular formula is C37H30SiTi. The van der Waals surface area contributed by atoms with Crippen LogP contribution in [-0.4, -0.2) is 6.19 Å². The van der Waals surface area contributed by atoms with Gasteiger partial charge in [-0.25, -0.2) is 0 Å². The maximum absolute atomic E-state index is 2.34. The number of benzene rings is 5. The first-order valence-corrected chi connectivity index (χ1v) is 17.0. The fourth-order valence-corrected chi connectivity index (χ4v) is 7.66. The van der Waals surface area contributed by atoms with Crippen molar-refractivity contribution >= 4 is 38.1 Å². The van der Waals surface area contributed by atoms with Gasteiger partial charge in [-0.05, 0) is 5.56 Å². The Balaban J connectivity index is 0.000000121. The zero-order valence-corrected chi connectivity index (χ0v) is 24.7. The van der Waals surface area contributed by atoms with E-state index in [4.69, 9.17) is 0 Å². The van der Waals surface area contributed by atoms with E-state index >= 15 is 0 Å². The maximum Gasteiger partial charge on any atom is -0.0279 e. The molecule has 0 N–H and O–H groups in total. The molecule has 0 atom stereocenters. The number of rotatable bonds is 3. The van der Waals surface area contributed by atoms with E-state index in [9.17, 15) is 0 Å². The number of hydrogen-bond acceptors (Lipinski definition) is 0. The summed E-state index contributed by atoms with van der Waals surface area (Å²) in [6.45, 7) is 2.12. The van der Waals surface area contributed by atoms with Crippen molar-refractivity contribution in [3.05, 3.63) is 169 Å². The molecule has 39 heavy (non-hydrogen) atoms. The quantitative estimate of drug-likeness (QED) is 0.153. The molecule has 0 saturated carbocycles.